The normalized spacial score (nSPS) is 14.5. The summed E-state index contributed by atoms with van der Waals surface area (Å²) >= 11 is 0. The van der Waals surface area contributed by atoms with Crippen molar-refractivity contribution in [1.82, 2.24) is 0 Å². The summed E-state index contributed by atoms with van der Waals surface area (Å²) in [7, 11) is -1.35. The molecular weight excluding hydrogens is 727 g/mol. The van der Waals surface area contributed by atoms with Crippen molar-refractivity contribution in [3.8, 4) is 33.4 Å². The van der Waals surface area contributed by atoms with Gasteiger partial charge in [-0.3, -0.25) is 0 Å². The highest BCUT2D eigenvalue weighted by Gasteiger charge is 2.42. The minimum atomic E-state index is -1.35. The summed E-state index contributed by atoms with van der Waals surface area (Å²) < 4.78 is 0. The van der Waals surface area contributed by atoms with Gasteiger partial charge in [0.1, 0.15) is 0 Å². The molecule has 0 N–H and O–H groups in total. The maximum Gasteiger partial charge on any atom is 0.0775 e. The SMILES string of the molecule is CCC1(CC)c2cc(/C=C/c3ccc4c(c3)C(CC)(CC)c3cc(N(c5ccccc5)c5ccccc5)ccc3-4)ccc2-c2ccc(-c3ccc([Si](C)(C)C)cc3)cc21. The van der Waals surface area contributed by atoms with Crippen molar-refractivity contribution in [3.63, 3.8) is 0 Å². The van der Waals surface area contributed by atoms with E-state index in [1.165, 1.54) is 89.0 Å². The molecule has 2 aliphatic rings. The van der Waals surface area contributed by atoms with Gasteiger partial charge < -0.3 is 4.90 Å². The topological polar surface area (TPSA) is 3.24 Å². The number of nitrogens with zero attached hydrogens (tertiary/aromatic N) is 1. The summed E-state index contributed by atoms with van der Waals surface area (Å²) in [5.74, 6) is 0. The first-order valence-corrected chi connectivity index (χ1v) is 25.4. The minimum Gasteiger partial charge on any atom is -0.310 e. The Balaban J connectivity index is 1.04. The fourth-order valence-electron chi connectivity index (χ4n) is 10.5. The molecule has 0 spiro atoms. The molecule has 0 saturated carbocycles. The smallest absolute Gasteiger partial charge is 0.0775 e. The second kappa shape index (κ2) is 15.2. The molecule has 2 aliphatic carbocycles. The van der Waals surface area contributed by atoms with Gasteiger partial charge in [-0.15, -0.1) is 0 Å². The van der Waals surface area contributed by atoms with Gasteiger partial charge in [0.15, 0.2) is 0 Å². The van der Waals surface area contributed by atoms with E-state index in [-0.39, 0.29) is 10.8 Å². The Morgan fingerprint density at radius 1 is 0.407 bits per heavy atom. The predicted molar refractivity (Wildman–Crippen MR) is 259 cm³/mol. The zero-order valence-electron chi connectivity index (χ0n) is 35.9. The van der Waals surface area contributed by atoms with Crippen molar-refractivity contribution in [2.75, 3.05) is 4.90 Å². The maximum absolute atomic E-state index is 2.50. The Bertz CT molecular complexity index is 2630. The average molecular weight is 784 g/mol. The van der Waals surface area contributed by atoms with Crippen LogP contribution in [0.3, 0.4) is 0 Å². The standard InChI is InChI=1S/C57H57NSi/c1-8-56(9-2)52-36-40(24-32-48(52)50-34-28-43(38-54(50)56)42-26-30-47(31-27-42)59(5,6)7)22-23-41-25-33-49-51-35-29-46(39-55(51)57(10-3,11-4)53(49)37-41)58(44-18-14-12-15-19-44)45-20-16-13-17-21-45/h12-39H,8-11H2,1-7H3/b23-22+. The summed E-state index contributed by atoms with van der Waals surface area (Å²) in [6, 6.07) is 59.6. The molecule has 0 unspecified atom stereocenters. The van der Waals surface area contributed by atoms with Gasteiger partial charge in [0.25, 0.3) is 0 Å². The maximum atomic E-state index is 2.50. The van der Waals surface area contributed by atoms with Crippen LogP contribution in [0.1, 0.15) is 86.8 Å². The minimum absolute atomic E-state index is 0.000549. The molecule has 9 rings (SSSR count). The molecule has 7 aromatic carbocycles. The van der Waals surface area contributed by atoms with Crippen LogP contribution in [-0.4, -0.2) is 8.07 Å². The van der Waals surface area contributed by atoms with E-state index >= 15 is 0 Å². The zero-order chi connectivity index (χ0) is 40.9. The van der Waals surface area contributed by atoms with Crippen LogP contribution in [0, 0.1) is 0 Å². The second-order valence-electron chi connectivity index (χ2n) is 17.8. The van der Waals surface area contributed by atoms with E-state index in [4.69, 9.17) is 0 Å². The van der Waals surface area contributed by atoms with Crippen LogP contribution in [0.2, 0.25) is 19.6 Å². The lowest BCUT2D eigenvalue weighted by atomic mass is 9.73. The lowest BCUT2D eigenvalue weighted by molar-refractivity contribution is 0.490. The van der Waals surface area contributed by atoms with Crippen LogP contribution in [0.15, 0.2) is 158 Å². The van der Waals surface area contributed by atoms with E-state index in [9.17, 15) is 0 Å². The van der Waals surface area contributed by atoms with Crippen molar-refractivity contribution in [2.45, 2.75) is 83.8 Å². The van der Waals surface area contributed by atoms with E-state index in [0.717, 1.165) is 25.7 Å². The second-order valence-corrected chi connectivity index (χ2v) is 22.9. The van der Waals surface area contributed by atoms with Crippen LogP contribution in [-0.2, 0) is 10.8 Å². The molecule has 2 heteroatoms. The van der Waals surface area contributed by atoms with Gasteiger partial charge in [0, 0.05) is 27.9 Å². The molecule has 0 radical (unpaired) electrons. The Kier molecular flexibility index (Phi) is 9.96. The zero-order valence-corrected chi connectivity index (χ0v) is 36.9. The van der Waals surface area contributed by atoms with Gasteiger partial charge in [0.05, 0.1) is 8.07 Å². The van der Waals surface area contributed by atoms with Crippen molar-refractivity contribution >= 4 is 42.5 Å². The third-order valence-electron chi connectivity index (χ3n) is 14.0. The Labute approximate surface area is 354 Å². The quantitative estimate of drug-likeness (QED) is 0.0933. The van der Waals surface area contributed by atoms with Crippen LogP contribution in [0.4, 0.5) is 17.1 Å². The fourth-order valence-corrected chi connectivity index (χ4v) is 11.7. The number of hydrogen-bond donors (Lipinski definition) is 0. The Morgan fingerprint density at radius 2 is 0.814 bits per heavy atom. The molecule has 1 nitrogen and oxygen atoms in total. The first-order chi connectivity index (χ1) is 28.6. The first kappa shape index (κ1) is 38.8. The molecular formula is C57H57NSi. The highest BCUT2D eigenvalue weighted by molar-refractivity contribution is 6.88. The van der Waals surface area contributed by atoms with Gasteiger partial charge in [-0.05, 0) is 135 Å². The molecule has 0 fully saturated rings. The van der Waals surface area contributed by atoms with E-state index in [2.05, 4.69) is 222 Å². The van der Waals surface area contributed by atoms with Gasteiger partial charge in [-0.25, -0.2) is 0 Å². The third kappa shape index (κ3) is 6.44. The number of para-hydroxylation sites is 2. The summed E-state index contributed by atoms with van der Waals surface area (Å²) in [5, 5.41) is 1.51. The molecule has 0 aromatic heterocycles. The van der Waals surface area contributed by atoms with Crippen molar-refractivity contribution < 1.29 is 0 Å². The molecule has 0 atom stereocenters. The van der Waals surface area contributed by atoms with Crippen molar-refractivity contribution in [1.29, 1.82) is 0 Å². The highest BCUT2D eigenvalue weighted by atomic mass is 28.3. The fraction of sp³-hybridized carbons (Fsp3) is 0.228. The van der Waals surface area contributed by atoms with Crippen molar-refractivity contribution in [3.05, 3.63) is 191 Å². The van der Waals surface area contributed by atoms with E-state index in [1.807, 2.05) is 0 Å². The largest absolute Gasteiger partial charge is 0.310 e. The van der Waals surface area contributed by atoms with Gasteiger partial charge in [-0.1, -0.05) is 180 Å². The molecule has 0 amide bonds. The molecule has 0 saturated heterocycles. The Morgan fingerprint density at radius 3 is 1.27 bits per heavy atom. The molecule has 0 bridgehead atoms. The molecule has 0 aliphatic heterocycles. The van der Waals surface area contributed by atoms with Gasteiger partial charge in [0.2, 0.25) is 0 Å². The summed E-state index contributed by atoms with van der Waals surface area (Å²) in [6.45, 7) is 16.8. The van der Waals surface area contributed by atoms with E-state index in [1.54, 1.807) is 0 Å². The molecule has 0 heterocycles. The van der Waals surface area contributed by atoms with Crippen LogP contribution in [0.25, 0.3) is 45.5 Å². The predicted octanol–water partition coefficient (Wildman–Crippen LogP) is 15.7. The highest BCUT2D eigenvalue weighted by Crippen LogP contribution is 2.56. The Hall–Kier alpha value is -5.70. The number of hydrogen-bond acceptors (Lipinski definition) is 1. The van der Waals surface area contributed by atoms with Crippen LogP contribution in [0.5, 0.6) is 0 Å². The average Bonchev–Trinajstić information content (AvgIpc) is 3.71. The number of anilines is 3. The van der Waals surface area contributed by atoms with Gasteiger partial charge in [-0.2, -0.15) is 0 Å². The van der Waals surface area contributed by atoms with E-state index < -0.39 is 8.07 Å². The van der Waals surface area contributed by atoms with Gasteiger partial charge >= 0.3 is 0 Å². The molecule has 294 valence electrons. The summed E-state index contributed by atoms with van der Waals surface area (Å²) in [4.78, 5) is 2.39. The van der Waals surface area contributed by atoms with Crippen molar-refractivity contribution in [2.24, 2.45) is 0 Å². The van der Waals surface area contributed by atoms with Crippen LogP contribution < -0.4 is 10.1 Å². The lowest BCUT2D eigenvalue weighted by Crippen LogP contribution is -2.37. The number of benzene rings is 7. The monoisotopic (exact) mass is 783 g/mol. The molecule has 7 aromatic rings. The summed E-state index contributed by atoms with van der Waals surface area (Å²) in [6.07, 6.45) is 8.92. The lowest BCUT2D eigenvalue weighted by Gasteiger charge is -2.32. The third-order valence-corrected chi connectivity index (χ3v) is 16.1. The number of rotatable bonds is 11. The summed E-state index contributed by atoms with van der Waals surface area (Å²) in [5.41, 5.74) is 20.0. The van der Waals surface area contributed by atoms with Crippen LogP contribution >= 0.6 is 0 Å². The number of fused-ring (bicyclic) bond motifs is 6. The first-order valence-electron chi connectivity index (χ1n) is 21.9. The molecule has 59 heavy (non-hydrogen) atoms. The van der Waals surface area contributed by atoms with E-state index in [0.29, 0.717) is 0 Å².